The van der Waals surface area contributed by atoms with Crippen molar-refractivity contribution in [2.45, 2.75) is 63.6 Å². The Kier molecular flexibility index (Phi) is 5.54. The van der Waals surface area contributed by atoms with Gasteiger partial charge in [-0.15, -0.1) is 0 Å². The number of ether oxygens (including phenoxy) is 1. The molecule has 0 aromatic rings. The molecule has 4 atom stereocenters. The number of hydrogen-bond acceptors (Lipinski definition) is 4. The molecule has 3 rings (SSSR count). The monoisotopic (exact) mass is 295 g/mol. The van der Waals surface area contributed by atoms with Crippen LogP contribution in [0.15, 0.2) is 0 Å². The second kappa shape index (κ2) is 7.40. The van der Waals surface area contributed by atoms with Gasteiger partial charge in [0, 0.05) is 44.3 Å². The number of morpholine rings is 1. The lowest BCUT2D eigenvalue weighted by Gasteiger charge is -2.40. The highest BCUT2D eigenvalue weighted by molar-refractivity contribution is 4.94. The summed E-state index contributed by atoms with van der Waals surface area (Å²) in [6, 6.07) is 1.79. The van der Waals surface area contributed by atoms with Crippen LogP contribution in [0, 0.1) is 5.92 Å². The van der Waals surface area contributed by atoms with E-state index in [-0.39, 0.29) is 0 Å². The number of nitrogens with zero attached hydrogens (tertiary/aromatic N) is 2. The van der Waals surface area contributed by atoms with E-state index in [0.717, 1.165) is 38.3 Å². The van der Waals surface area contributed by atoms with Crippen LogP contribution in [0.1, 0.15) is 45.4 Å². The average Bonchev–Trinajstić information content (AvgIpc) is 3.00. The molecule has 21 heavy (non-hydrogen) atoms. The van der Waals surface area contributed by atoms with Crippen LogP contribution in [-0.4, -0.2) is 67.3 Å². The third-order valence-electron chi connectivity index (χ3n) is 5.90. The predicted molar refractivity (Wildman–Crippen MR) is 86.4 cm³/mol. The largest absolute Gasteiger partial charge is 0.379 e. The summed E-state index contributed by atoms with van der Waals surface area (Å²) < 4.78 is 5.49. The zero-order chi connectivity index (χ0) is 14.7. The van der Waals surface area contributed by atoms with Crippen molar-refractivity contribution in [1.82, 2.24) is 9.80 Å². The fraction of sp³-hybridized carbons (Fsp3) is 1.00. The molecule has 0 radical (unpaired) electrons. The Morgan fingerprint density at radius 3 is 2.62 bits per heavy atom. The summed E-state index contributed by atoms with van der Waals surface area (Å²) in [6.07, 6.45) is 7.96. The summed E-state index contributed by atoms with van der Waals surface area (Å²) in [5, 5.41) is 0. The van der Waals surface area contributed by atoms with Gasteiger partial charge in [0.15, 0.2) is 0 Å². The molecule has 4 unspecified atom stereocenters. The molecule has 2 N–H and O–H groups in total. The molecule has 4 nitrogen and oxygen atoms in total. The topological polar surface area (TPSA) is 41.7 Å². The lowest BCUT2D eigenvalue weighted by molar-refractivity contribution is 0.0162. The van der Waals surface area contributed by atoms with Crippen LogP contribution in [0.5, 0.6) is 0 Å². The van der Waals surface area contributed by atoms with E-state index < -0.39 is 0 Å². The third kappa shape index (κ3) is 3.79. The Morgan fingerprint density at radius 2 is 1.86 bits per heavy atom. The summed E-state index contributed by atoms with van der Waals surface area (Å²) in [5.41, 5.74) is 6.47. The first kappa shape index (κ1) is 15.7. The molecule has 0 aromatic carbocycles. The minimum Gasteiger partial charge on any atom is -0.379 e. The fourth-order valence-corrected chi connectivity index (χ4v) is 4.65. The SMILES string of the molecule is CCCC1CCC(N)C(N2CCC(N3CCOCC3)C2)C1. The first-order chi connectivity index (χ1) is 10.3. The van der Waals surface area contributed by atoms with E-state index >= 15 is 0 Å². The maximum atomic E-state index is 6.47. The van der Waals surface area contributed by atoms with Gasteiger partial charge in [-0.05, 0) is 31.6 Å². The minimum absolute atomic E-state index is 0.404. The molecule has 2 aliphatic heterocycles. The van der Waals surface area contributed by atoms with E-state index in [1.807, 2.05) is 0 Å². The van der Waals surface area contributed by atoms with Crippen LogP contribution < -0.4 is 5.73 Å². The zero-order valence-corrected chi connectivity index (χ0v) is 13.7. The highest BCUT2D eigenvalue weighted by atomic mass is 16.5. The van der Waals surface area contributed by atoms with Crippen molar-refractivity contribution in [3.63, 3.8) is 0 Å². The van der Waals surface area contributed by atoms with E-state index in [1.54, 1.807) is 0 Å². The molecular formula is C17H33N3O. The van der Waals surface area contributed by atoms with Gasteiger partial charge in [-0.2, -0.15) is 0 Å². The highest BCUT2D eigenvalue weighted by Crippen LogP contribution is 2.32. The van der Waals surface area contributed by atoms with Gasteiger partial charge < -0.3 is 10.5 Å². The van der Waals surface area contributed by atoms with Crippen LogP contribution >= 0.6 is 0 Å². The fourth-order valence-electron chi connectivity index (χ4n) is 4.65. The van der Waals surface area contributed by atoms with Crippen LogP contribution in [-0.2, 0) is 4.74 Å². The standard InChI is InChI=1S/C17H33N3O/c1-2-3-14-4-5-16(18)17(12-14)20-7-6-15(13-20)19-8-10-21-11-9-19/h14-17H,2-13,18H2,1H3. The van der Waals surface area contributed by atoms with E-state index in [9.17, 15) is 0 Å². The van der Waals surface area contributed by atoms with E-state index in [4.69, 9.17) is 10.5 Å². The van der Waals surface area contributed by atoms with Gasteiger partial charge in [-0.3, -0.25) is 9.80 Å². The van der Waals surface area contributed by atoms with E-state index in [2.05, 4.69) is 16.7 Å². The second-order valence-electron chi connectivity index (χ2n) is 7.28. The molecule has 3 aliphatic rings. The van der Waals surface area contributed by atoms with Gasteiger partial charge in [0.25, 0.3) is 0 Å². The van der Waals surface area contributed by atoms with Crippen LogP contribution in [0.2, 0.25) is 0 Å². The van der Waals surface area contributed by atoms with Gasteiger partial charge in [0.05, 0.1) is 13.2 Å². The molecule has 0 bridgehead atoms. The smallest absolute Gasteiger partial charge is 0.0594 e. The number of rotatable bonds is 4. The van der Waals surface area contributed by atoms with E-state index in [0.29, 0.717) is 12.1 Å². The Hall–Kier alpha value is -0.160. The van der Waals surface area contributed by atoms with Crippen molar-refractivity contribution in [2.75, 3.05) is 39.4 Å². The van der Waals surface area contributed by atoms with Crippen molar-refractivity contribution in [3.8, 4) is 0 Å². The predicted octanol–water partition coefficient (Wildman–Crippen LogP) is 1.69. The molecule has 0 amide bonds. The van der Waals surface area contributed by atoms with Crippen molar-refractivity contribution < 1.29 is 4.74 Å². The quantitative estimate of drug-likeness (QED) is 0.857. The van der Waals surface area contributed by atoms with Gasteiger partial charge in [-0.25, -0.2) is 0 Å². The third-order valence-corrected chi connectivity index (χ3v) is 5.90. The molecule has 2 saturated heterocycles. The maximum absolute atomic E-state index is 6.47. The second-order valence-corrected chi connectivity index (χ2v) is 7.28. The lowest BCUT2D eigenvalue weighted by Crippen LogP contribution is -2.52. The number of likely N-dealkylation sites (tertiary alicyclic amines) is 1. The first-order valence-electron chi connectivity index (χ1n) is 9.09. The first-order valence-corrected chi connectivity index (χ1v) is 9.09. The van der Waals surface area contributed by atoms with Crippen LogP contribution in [0.3, 0.4) is 0 Å². The average molecular weight is 295 g/mol. The summed E-state index contributed by atoms with van der Waals surface area (Å²) >= 11 is 0. The Labute approximate surface area is 130 Å². The molecule has 122 valence electrons. The van der Waals surface area contributed by atoms with Gasteiger partial charge in [0.1, 0.15) is 0 Å². The normalized spacial score (nSPS) is 39.7. The van der Waals surface area contributed by atoms with Crippen LogP contribution in [0.4, 0.5) is 0 Å². The molecular weight excluding hydrogens is 262 g/mol. The number of hydrogen-bond donors (Lipinski definition) is 1. The molecule has 1 aliphatic carbocycles. The molecule has 4 heteroatoms. The van der Waals surface area contributed by atoms with E-state index in [1.165, 1.54) is 51.6 Å². The van der Waals surface area contributed by atoms with Crippen molar-refractivity contribution in [1.29, 1.82) is 0 Å². The maximum Gasteiger partial charge on any atom is 0.0594 e. The van der Waals surface area contributed by atoms with Crippen molar-refractivity contribution in [3.05, 3.63) is 0 Å². The highest BCUT2D eigenvalue weighted by Gasteiger charge is 2.37. The van der Waals surface area contributed by atoms with Crippen molar-refractivity contribution in [2.24, 2.45) is 11.7 Å². The van der Waals surface area contributed by atoms with Crippen LogP contribution in [0.25, 0.3) is 0 Å². The van der Waals surface area contributed by atoms with Gasteiger partial charge in [-0.1, -0.05) is 19.8 Å². The summed E-state index contributed by atoms with van der Waals surface area (Å²) in [7, 11) is 0. The molecule has 1 saturated carbocycles. The lowest BCUT2D eigenvalue weighted by atomic mass is 9.80. The molecule has 0 aromatic heterocycles. The Bertz CT molecular complexity index is 319. The number of nitrogens with two attached hydrogens (primary N) is 1. The molecule has 0 spiro atoms. The zero-order valence-electron chi connectivity index (χ0n) is 13.7. The van der Waals surface area contributed by atoms with Gasteiger partial charge in [0.2, 0.25) is 0 Å². The molecule has 3 fully saturated rings. The molecule has 2 heterocycles. The Balaban J connectivity index is 1.54. The minimum atomic E-state index is 0.404. The van der Waals surface area contributed by atoms with Gasteiger partial charge >= 0.3 is 0 Å². The summed E-state index contributed by atoms with van der Waals surface area (Å²) in [5.74, 6) is 0.919. The Morgan fingerprint density at radius 1 is 1.05 bits per heavy atom. The summed E-state index contributed by atoms with van der Waals surface area (Å²) in [4.78, 5) is 5.36. The summed E-state index contributed by atoms with van der Waals surface area (Å²) in [6.45, 7) is 8.86. The van der Waals surface area contributed by atoms with Crippen molar-refractivity contribution >= 4 is 0 Å².